The number of ether oxygens (including phenoxy) is 4. The van der Waals surface area contributed by atoms with Crippen LogP contribution in [-0.4, -0.2) is 266 Å². The molecule has 18 N–H and O–H groups in total. The van der Waals surface area contributed by atoms with Gasteiger partial charge in [-0.15, -0.1) is 0 Å². The van der Waals surface area contributed by atoms with Gasteiger partial charge in [0, 0.05) is 117 Å². The maximum Gasteiger partial charge on any atom is 0.414 e. The molecule has 0 aliphatic heterocycles. The Morgan fingerprint density at radius 2 is 0.910 bits per heavy atom. The molecule has 7 rings (SSSR count). The third-order valence-corrected chi connectivity index (χ3v) is 23.5. The highest BCUT2D eigenvalue weighted by molar-refractivity contribution is 6.03. The van der Waals surface area contributed by atoms with Crippen LogP contribution >= 0.6 is 0 Å². The zero-order valence-corrected chi connectivity index (χ0v) is 84.4. The first kappa shape index (κ1) is 116. The summed E-state index contributed by atoms with van der Waals surface area (Å²) in [5.41, 5.74) is 1.56. The van der Waals surface area contributed by atoms with Crippen LogP contribution in [0.1, 0.15) is 228 Å². The predicted molar refractivity (Wildman–Crippen MR) is 523 cm³/mol. The van der Waals surface area contributed by atoms with Crippen LogP contribution in [-0.2, 0) is 108 Å². The number of nitrogens with two attached hydrogens (primary N) is 2. The summed E-state index contributed by atoms with van der Waals surface area (Å²) >= 11 is 0. The van der Waals surface area contributed by atoms with Crippen molar-refractivity contribution in [1.29, 1.82) is 0 Å². The number of nitrogens with zero attached hydrogens (tertiary/aromatic N) is 7. The van der Waals surface area contributed by atoms with Gasteiger partial charge in [-0.1, -0.05) is 30.3 Å². The normalized spacial score (nSPS) is 14.0. The summed E-state index contributed by atoms with van der Waals surface area (Å²) in [6.07, 6.45) is 0.0940. The number of hydrogen-bond donors (Lipinski definition) is 16. The van der Waals surface area contributed by atoms with Gasteiger partial charge >= 0.3 is 47.9 Å². The fourth-order valence-corrected chi connectivity index (χ4v) is 16.6. The van der Waals surface area contributed by atoms with Crippen molar-refractivity contribution in [3.63, 3.8) is 0 Å². The molecular weight excluding hydrogens is 1880 g/mol. The van der Waals surface area contributed by atoms with Gasteiger partial charge in [0.15, 0.2) is 23.0 Å². The molecule has 0 saturated heterocycles. The van der Waals surface area contributed by atoms with Gasteiger partial charge in [-0.2, -0.15) is 0 Å². The number of primary amides is 2. The lowest BCUT2D eigenvalue weighted by Crippen LogP contribution is -2.53. The van der Waals surface area contributed by atoms with E-state index in [4.69, 9.17) is 30.4 Å². The van der Waals surface area contributed by atoms with E-state index >= 15 is 0 Å². The fourth-order valence-electron chi connectivity index (χ4n) is 16.6. The van der Waals surface area contributed by atoms with Gasteiger partial charge in [-0.3, -0.25) is 95.4 Å². The smallest absolute Gasteiger partial charge is 0.414 e. The lowest BCUT2D eigenvalue weighted by Gasteiger charge is -2.29. The van der Waals surface area contributed by atoms with Gasteiger partial charge in [0.2, 0.25) is 17.7 Å². The number of carbonyl (C=O) groups excluding carboxylic acids is 12. The minimum absolute atomic E-state index is 0.0108. The molecule has 144 heavy (non-hydrogen) atoms. The van der Waals surface area contributed by atoms with E-state index < -0.39 is 229 Å². The number of anilines is 1. The number of hydrogen-bond acceptors (Lipinski definition) is 29. The molecule has 3 atom stereocenters. The van der Waals surface area contributed by atoms with Crippen molar-refractivity contribution in [3.8, 4) is 23.0 Å². The molecule has 788 valence electrons. The van der Waals surface area contributed by atoms with Gasteiger partial charge in [0.25, 0.3) is 45.9 Å². The van der Waals surface area contributed by atoms with E-state index in [1.807, 2.05) is 24.3 Å². The number of fused-ring (bicyclic) bond motifs is 1. The molecule has 2 aromatic carbocycles. The molecule has 4 aromatic heterocycles. The zero-order chi connectivity index (χ0) is 108. The highest BCUT2D eigenvalue weighted by Crippen LogP contribution is 2.34. The second-order valence-electron chi connectivity index (χ2n) is 39.6. The van der Waals surface area contributed by atoms with Crippen LogP contribution in [0.25, 0.3) is 10.8 Å². The monoisotopic (exact) mass is 2020 g/mol. The molecule has 46 nitrogen and oxygen atoms in total. The topological polar surface area (TPSA) is 669 Å². The number of carboxylic acids is 3. The van der Waals surface area contributed by atoms with Crippen LogP contribution in [0.5, 0.6) is 23.0 Å². The molecule has 4 heterocycles. The maximum atomic E-state index is 14.7. The number of aromatic hydroxyl groups is 4. The largest absolute Gasteiger partial charge is 0.503 e. The summed E-state index contributed by atoms with van der Waals surface area (Å²) in [4.78, 5) is 258. The molecular formula is C98H136N16O30. The molecule has 1 aliphatic carbocycles. The molecule has 1 fully saturated rings. The van der Waals surface area contributed by atoms with Gasteiger partial charge in [-0.25, -0.2) is 19.2 Å². The number of aromatic nitrogens is 4. The van der Waals surface area contributed by atoms with Gasteiger partial charge in [0.1, 0.15) is 66.7 Å². The van der Waals surface area contributed by atoms with Gasteiger partial charge < -0.3 is 113 Å². The van der Waals surface area contributed by atoms with Crippen molar-refractivity contribution < 1.29 is 127 Å². The Bertz CT molecular complexity index is 5970. The predicted octanol–water partition coefficient (Wildman–Crippen LogP) is 3.78. The highest BCUT2D eigenvalue weighted by atomic mass is 16.6. The van der Waals surface area contributed by atoms with Crippen molar-refractivity contribution >= 4 is 106 Å². The fraction of sp³-hybridized carbons (Fsp3) is 0.541. The molecule has 1 saturated carbocycles. The summed E-state index contributed by atoms with van der Waals surface area (Å²) in [6.45, 7) is 20.9. The summed E-state index contributed by atoms with van der Waals surface area (Å²) in [5, 5.41) is 93.9. The van der Waals surface area contributed by atoms with E-state index in [-0.39, 0.29) is 163 Å². The molecule has 0 spiro atoms. The summed E-state index contributed by atoms with van der Waals surface area (Å²) in [5.74, 6) is -17.5. The zero-order valence-electron chi connectivity index (χ0n) is 84.4. The number of carboxylic acid groups (broad SMARTS) is 3. The Morgan fingerprint density at radius 1 is 0.472 bits per heavy atom. The Balaban J connectivity index is 1.05. The van der Waals surface area contributed by atoms with Crippen LogP contribution in [0.4, 0.5) is 15.3 Å². The summed E-state index contributed by atoms with van der Waals surface area (Å²) in [6, 6.07) is 8.37. The molecule has 10 amide bonds. The van der Waals surface area contributed by atoms with E-state index in [1.54, 1.807) is 112 Å². The standard InChI is InChI=1S/C98H136N16O30/c1-53-43-64(84(130)102-35-41-110(42-36-103-85(131)65-44-54(2)112(50-71(116)117)88(134)80(65)126)38-22-37-109(39-32-62-75(81(99)127)55(3)113(51-72(118)119)89(135)77(62)123)40-33-63-76(82(100)128)56(4)114(52-73(120)121)90(136)78(63)124)79(125)87(133)111(53)49-70(115)104-48-57-26-28-59(29-27-57)83(129)105-68(46-58-45-60-23-18-19-24-61(60)69(47-58)108(17)94(140)144-98(14,15)16)86(132)101-34-21-20-25-66(91(137)142-96(8,9)10)106-93(139)107-67(92(138)143-97(11,12)13)30-31-74(122)141-95(5,6)7/h18-19,23-24,43-45,47,57,59,66-68,123-126H,20-22,25-42,46,48-52H2,1-17H3,(H2,99,127)(H2,100,128)(H,101,132)(H,102,130)(H,103,131)(H,104,115)(H,105,129)(H,116,117)(H,118,119)(H,120,121)(H2,106,107,139)/t57?,59?,66-,67-,68+/m0/s1. The number of rotatable bonds is 48. The molecule has 46 heteroatoms. The lowest BCUT2D eigenvalue weighted by molar-refractivity contribution is -0.159. The second-order valence-corrected chi connectivity index (χ2v) is 39.6. The van der Waals surface area contributed by atoms with Crippen molar-refractivity contribution in [3.05, 3.63) is 152 Å². The third kappa shape index (κ3) is 34.0. The molecule has 1 aliphatic rings. The van der Waals surface area contributed by atoms with E-state index in [2.05, 4.69) is 37.2 Å². The summed E-state index contributed by atoms with van der Waals surface area (Å²) < 4.78 is 25.3. The first-order valence-corrected chi connectivity index (χ1v) is 47.2. The Morgan fingerprint density at radius 3 is 1.37 bits per heavy atom. The van der Waals surface area contributed by atoms with Crippen LogP contribution in [0.2, 0.25) is 0 Å². The number of unbranched alkanes of at least 4 members (excludes halogenated alkanes) is 1. The number of pyridine rings is 4. The van der Waals surface area contributed by atoms with E-state index in [1.165, 1.54) is 38.7 Å². The van der Waals surface area contributed by atoms with Crippen LogP contribution in [0.15, 0.2) is 67.7 Å². The van der Waals surface area contributed by atoms with Crippen molar-refractivity contribution in [1.82, 2.24) is 65.3 Å². The number of urea groups is 1. The molecule has 0 radical (unpaired) electrons. The Kier molecular flexibility index (Phi) is 41.0. The highest BCUT2D eigenvalue weighted by Gasteiger charge is 2.37. The molecule has 0 unspecified atom stereocenters. The minimum atomic E-state index is -1.50. The maximum absolute atomic E-state index is 14.7. The van der Waals surface area contributed by atoms with Crippen LogP contribution in [0.3, 0.4) is 0 Å². The SMILES string of the molecule is Cc1cc(C(=O)NCCN(CCCN(CCc2c(C(N)=O)c(C)n(CC(=O)O)c(=O)c2O)CCc2c(C(N)=O)c(C)n(CC(=O)O)c(=O)c2O)CCNC(=O)c2cc(C)n(CC(=O)NCC3CCC(C(=O)N[C@H](Cc4cc(N(C)C(=O)OC(C)(C)C)c5ccccc5c4)C(=O)NCCCC[C@H](NC(=O)N[C@@H](CCC(=O)OC(C)(C)C)C(=O)OC(C)(C)C)C(=O)OC(C)(C)C)CC3)c(=O)c2O)c(O)c(=O)n1CC(=O)O. The second kappa shape index (κ2) is 50.8. The Labute approximate surface area is 830 Å². The number of aryl methyl sites for hydroxylation is 2. The number of amides is 10. The summed E-state index contributed by atoms with van der Waals surface area (Å²) in [7, 11) is 1.55. The number of esters is 3. The first-order valence-electron chi connectivity index (χ1n) is 47.2. The molecule has 0 bridgehead atoms. The van der Waals surface area contributed by atoms with E-state index in [0.717, 1.165) is 15.2 Å². The minimum Gasteiger partial charge on any atom is -0.503 e. The van der Waals surface area contributed by atoms with Crippen LogP contribution < -0.4 is 75.8 Å². The molecule has 6 aromatic rings. The lowest BCUT2D eigenvalue weighted by atomic mass is 9.81. The number of aliphatic carboxylic acids is 3. The number of carbonyl (C=O) groups is 15. The average Bonchev–Trinajstić information content (AvgIpc) is 0.775. The first-order chi connectivity index (χ1) is 67.0. The Hall–Kier alpha value is -14.7. The van der Waals surface area contributed by atoms with Crippen LogP contribution in [0, 0.1) is 39.5 Å². The van der Waals surface area contributed by atoms with Gasteiger partial charge in [-0.05, 0) is 230 Å². The number of nitrogens with one attached hydrogen (secondary N) is 7. The van der Waals surface area contributed by atoms with E-state index in [9.17, 15) is 127 Å². The number of benzene rings is 2. The van der Waals surface area contributed by atoms with Gasteiger partial charge in [0.05, 0.1) is 27.9 Å². The average molecular weight is 2020 g/mol. The quantitative estimate of drug-likeness (QED) is 0.0147. The third-order valence-electron chi connectivity index (χ3n) is 23.5. The van der Waals surface area contributed by atoms with E-state index in [0.29, 0.717) is 56.8 Å². The van der Waals surface area contributed by atoms with Crippen molar-refractivity contribution in [2.75, 3.05) is 77.4 Å². The van der Waals surface area contributed by atoms with Crippen molar-refractivity contribution in [2.45, 2.75) is 261 Å². The van der Waals surface area contributed by atoms with Crippen molar-refractivity contribution in [2.24, 2.45) is 23.3 Å².